The number of rotatable bonds is 5. The summed E-state index contributed by atoms with van der Waals surface area (Å²) < 4.78 is 20.6. The van der Waals surface area contributed by atoms with Crippen molar-refractivity contribution >= 4 is 5.82 Å². The highest BCUT2D eigenvalue weighted by atomic mass is 19.1. The van der Waals surface area contributed by atoms with E-state index in [1.165, 1.54) is 13.4 Å². The predicted octanol–water partition coefficient (Wildman–Crippen LogP) is 2.97. The fourth-order valence-corrected chi connectivity index (χ4v) is 5.28. The second-order valence-corrected chi connectivity index (χ2v) is 9.34. The Hall–Kier alpha value is -3.40. The minimum atomic E-state index is -0.970. The lowest BCUT2D eigenvalue weighted by Crippen LogP contribution is -2.70. The third-order valence-electron chi connectivity index (χ3n) is 7.50. The number of hydrogen-bond donors (Lipinski definition) is 1. The number of aromatic nitrogens is 5. The Bertz CT molecular complexity index is 1190. The van der Waals surface area contributed by atoms with Gasteiger partial charge in [-0.2, -0.15) is 9.97 Å². The van der Waals surface area contributed by atoms with Gasteiger partial charge in [0.15, 0.2) is 11.6 Å². The third kappa shape index (κ3) is 3.62. The number of benzene rings is 1. The molecule has 0 spiro atoms. The second kappa shape index (κ2) is 8.43. The molecule has 1 aromatic carbocycles. The number of methoxy groups -OCH3 is 1. The summed E-state index contributed by atoms with van der Waals surface area (Å²) in [6.07, 6.45) is 2.26. The fourth-order valence-electron chi connectivity index (χ4n) is 5.28. The Morgan fingerprint density at radius 3 is 2.71 bits per heavy atom. The maximum Gasteiger partial charge on any atom is 0.319 e. The zero-order valence-corrected chi connectivity index (χ0v) is 19.7. The standard InChI is InChI=1S/C24H28FN7O2/c1-24-10-9-15(12-31(24)2)20(21(24)25)32(3)19-8-7-17(29-30-19)16-6-5-14(11-18(16)33)22-26-13-27-23(28-22)34-4/h5-8,11,13,15,20-21,33H,9-10,12H2,1-4H3/t15-,20?,21?,24-/m0/s1. The van der Waals surface area contributed by atoms with Gasteiger partial charge in [-0.1, -0.05) is 6.07 Å². The first-order valence-electron chi connectivity index (χ1n) is 11.3. The molecular weight excluding hydrogens is 437 g/mol. The minimum Gasteiger partial charge on any atom is -0.507 e. The lowest BCUT2D eigenvalue weighted by Gasteiger charge is -2.58. The van der Waals surface area contributed by atoms with Crippen molar-refractivity contribution in [2.45, 2.75) is 37.5 Å². The monoisotopic (exact) mass is 465 g/mol. The van der Waals surface area contributed by atoms with Gasteiger partial charge in [-0.05, 0) is 57.0 Å². The topological polar surface area (TPSA) is 100 Å². The van der Waals surface area contributed by atoms with E-state index in [1.54, 1.807) is 24.3 Å². The number of phenols is 1. The van der Waals surface area contributed by atoms with Crippen molar-refractivity contribution in [3.05, 3.63) is 36.7 Å². The summed E-state index contributed by atoms with van der Waals surface area (Å²) in [5.41, 5.74) is 1.21. The molecule has 2 aromatic heterocycles. The van der Waals surface area contributed by atoms with Crippen molar-refractivity contribution in [3.8, 4) is 34.4 Å². The molecule has 2 bridgehead atoms. The largest absolute Gasteiger partial charge is 0.507 e. The Morgan fingerprint density at radius 1 is 1.21 bits per heavy atom. The normalized spacial score (nSPS) is 26.4. The van der Waals surface area contributed by atoms with Gasteiger partial charge < -0.3 is 14.7 Å². The van der Waals surface area contributed by atoms with Crippen LogP contribution in [0.25, 0.3) is 22.6 Å². The molecule has 0 radical (unpaired) electrons. The average Bonchev–Trinajstić information content (AvgIpc) is 2.85. The molecule has 2 unspecified atom stereocenters. The van der Waals surface area contributed by atoms with Gasteiger partial charge >= 0.3 is 6.01 Å². The smallest absolute Gasteiger partial charge is 0.319 e. The van der Waals surface area contributed by atoms with Crippen molar-refractivity contribution in [3.63, 3.8) is 0 Å². The fraction of sp³-hybridized carbons (Fsp3) is 0.458. The maximum absolute atomic E-state index is 15.6. The molecule has 34 heavy (non-hydrogen) atoms. The summed E-state index contributed by atoms with van der Waals surface area (Å²) >= 11 is 0. The molecule has 6 rings (SSSR count). The molecular formula is C24H28FN7O2. The van der Waals surface area contributed by atoms with Gasteiger partial charge in [0, 0.05) is 24.7 Å². The van der Waals surface area contributed by atoms with Gasteiger partial charge in [0.05, 0.1) is 24.4 Å². The zero-order valence-electron chi connectivity index (χ0n) is 19.7. The predicted molar refractivity (Wildman–Crippen MR) is 125 cm³/mol. The lowest BCUT2D eigenvalue weighted by molar-refractivity contribution is -0.0816. The van der Waals surface area contributed by atoms with Crippen LogP contribution in [0.15, 0.2) is 36.7 Å². The van der Waals surface area contributed by atoms with Crippen LogP contribution in [0.3, 0.4) is 0 Å². The van der Waals surface area contributed by atoms with E-state index < -0.39 is 11.7 Å². The molecule has 1 N–H and O–H groups in total. The van der Waals surface area contributed by atoms with Gasteiger partial charge in [-0.3, -0.25) is 4.90 Å². The number of piperidine rings is 2. The number of nitrogens with zero attached hydrogens (tertiary/aromatic N) is 7. The molecule has 10 heteroatoms. The van der Waals surface area contributed by atoms with Crippen molar-refractivity contribution in [2.75, 3.05) is 32.6 Å². The van der Waals surface area contributed by atoms with Crippen LogP contribution in [0.2, 0.25) is 0 Å². The number of aromatic hydroxyl groups is 1. The van der Waals surface area contributed by atoms with Gasteiger partial charge in [-0.15, -0.1) is 10.2 Å². The molecule has 3 aromatic rings. The minimum absolute atomic E-state index is 0.0247. The van der Waals surface area contributed by atoms with E-state index >= 15 is 4.39 Å². The van der Waals surface area contributed by atoms with E-state index in [0.717, 1.165) is 19.4 Å². The van der Waals surface area contributed by atoms with Gasteiger partial charge in [0.1, 0.15) is 18.2 Å². The molecule has 2 aliphatic heterocycles. The van der Waals surface area contributed by atoms with Crippen LogP contribution in [0.1, 0.15) is 19.8 Å². The Kier molecular flexibility index (Phi) is 5.55. The highest BCUT2D eigenvalue weighted by Crippen LogP contribution is 2.46. The Morgan fingerprint density at radius 2 is 2.03 bits per heavy atom. The van der Waals surface area contributed by atoms with Crippen molar-refractivity contribution < 1.29 is 14.2 Å². The molecule has 4 atom stereocenters. The van der Waals surface area contributed by atoms with Crippen LogP contribution in [0.5, 0.6) is 11.8 Å². The number of halogens is 1. The van der Waals surface area contributed by atoms with E-state index in [0.29, 0.717) is 28.5 Å². The highest BCUT2D eigenvalue weighted by Gasteiger charge is 2.55. The first-order chi connectivity index (χ1) is 16.3. The lowest BCUT2D eigenvalue weighted by atomic mass is 9.67. The molecule has 1 aliphatic carbocycles. The van der Waals surface area contributed by atoms with E-state index in [-0.39, 0.29) is 23.7 Å². The molecule has 4 heterocycles. The molecule has 1 saturated carbocycles. The molecule has 0 amide bonds. The first-order valence-corrected chi connectivity index (χ1v) is 11.3. The van der Waals surface area contributed by atoms with Crippen molar-refractivity contribution in [1.29, 1.82) is 0 Å². The number of fused-ring (bicyclic) bond motifs is 3. The van der Waals surface area contributed by atoms with Gasteiger partial charge in [-0.25, -0.2) is 9.37 Å². The summed E-state index contributed by atoms with van der Waals surface area (Å²) in [6.45, 7) is 2.90. The van der Waals surface area contributed by atoms with Gasteiger partial charge in [0.25, 0.3) is 0 Å². The first kappa shape index (κ1) is 22.4. The van der Waals surface area contributed by atoms with E-state index in [1.807, 2.05) is 32.0 Å². The van der Waals surface area contributed by atoms with Gasteiger partial charge in [0.2, 0.25) is 0 Å². The maximum atomic E-state index is 15.6. The van der Waals surface area contributed by atoms with Crippen LogP contribution >= 0.6 is 0 Å². The van der Waals surface area contributed by atoms with E-state index in [9.17, 15) is 5.11 Å². The zero-order chi connectivity index (χ0) is 24.0. The molecule has 2 saturated heterocycles. The summed E-state index contributed by atoms with van der Waals surface area (Å²) in [5, 5.41) is 19.3. The molecule has 3 aliphatic rings. The van der Waals surface area contributed by atoms with Crippen LogP contribution in [-0.2, 0) is 0 Å². The number of anilines is 1. The van der Waals surface area contributed by atoms with E-state index in [4.69, 9.17) is 4.74 Å². The highest BCUT2D eigenvalue weighted by molar-refractivity contribution is 5.72. The molecule has 3 fully saturated rings. The summed E-state index contributed by atoms with van der Waals surface area (Å²) in [7, 11) is 5.38. The van der Waals surface area contributed by atoms with Crippen LogP contribution in [0, 0.1) is 5.92 Å². The van der Waals surface area contributed by atoms with Crippen LogP contribution in [0.4, 0.5) is 10.2 Å². The van der Waals surface area contributed by atoms with E-state index in [2.05, 4.69) is 30.0 Å². The van der Waals surface area contributed by atoms with Crippen LogP contribution < -0.4 is 9.64 Å². The summed E-state index contributed by atoms with van der Waals surface area (Å²) in [5.74, 6) is 1.28. The number of hydrogen-bond acceptors (Lipinski definition) is 9. The van der Waals surface area contributed by atoms with Crippen molar-refractivity contribution in [2.24, 2.45) is 5.92 Å². The third-order valence-corrected chi connectivity index (χ3v) is 7.50. The number of phenolic OH excluding ortho intramolecular Hbond substituents is 1. The SMILES string of the molecule is COc1ncnc(-c2ccc(-c3ccc(N(C)C4C(F)[C@]5(C)CC[C@H]4CN5C)nn3)c(O)c2)n1. The second-order valence-electron chi connectivity index (χ2n) is 9.34. The molecule has 178 valence electrons. The van der Waals surface area contributed by atoms with Crippen molar-refractivity contribution in [1.82, 2.24) is 30.0 Å². The molecule has 9 nitrogen and oxygen atoms in total. The number of ether oxygens (including phenoxy) is 1. The van der Waals surface area contributed by atoms with Crippen LogP contribution in [-0.4, -0.2) is 80.7 Å². The summed E-state index contributed by atoms with van der Waals surface area (Å²) in [6, 6.07) is 8.67. The Balaban J connectivity index is 1.37. The average molecular weight is 466 g/mol. The Labute approximate surface area is 197 Å². The quantitative estimate of drug-likeness (QED) is 0.609. The summed E-state index contributed by atoms with van der Waals surface area (Å²) in [4.78, 5) is 16.3. The number of alkyl halides is 1.